The first kappa shape index (κ1) is 31.1. The van der Waals surface area contributed by atoms with Gasteiger partial charge in [-0.2, -0.15) is 0 Å². The Kier molecular flexibility index (Phi) is 10.6. The van der Waals surface area contributed by atoms with E-state index in [-0.39, 0.29) is 17.7 Å². The summed E-state index contributed by atoms with van der Waals surface area (Å²) >= 11 is 2.86. The fourth-order valence-electron chi connectivity index (χ4n) is 4.61. The first-order valence-electron chi connectivity index (χ1n) is 13.6. The summed E-state index contributed by atoms with van der Waals surface area (Å²) in [5, 5.41) is 3.40. The first-order valence-corrected chi connectivity index (χ1v) is 15.2. The molecule has 0 saturated carbocycles. The number of amides is 3. The highest BCUT2D eigenvalue weighted by molar-refractivity contribution is 8.01. The van der Waals surface area contributed by atoms with Crippen molar-refractivity contribution in [1.29, 1.82) is 0 Å². The summed E-state index contributed by atoms with van der Waals surface area (Å²) in [6.45, 7) is 6.31. The predicted octanol–water partition coefficient (Wildman–Crippen LogP) is 4.62. The number of hydrogen-bond acceptors (Lipinski definition) is 8. The molecule has 0 radical (unpaired) electrons. The number of rotatable bonds is 8. The van der Waals surface area contributed by atoms with Gasteiger partial charge >= 0.3 is 0 Å². The van der Waals surface area contributed by atoms with Crippen molar-refractivity contribution in [2.24, 2.45) is 0 Å². The van der Waals surface area contributed by atoms with Crippen LogP contribution in [0.2, 0.25) is 0 Å². The summed E-state index contributed by atoms with van der Waals surface area (Å²) in [4.78, 5) is 49.6. The molecule has 1 N–H and O–H groups in total. The number of carbonyl (C=O) groups excluding carboxylic acids is 3. The molecule has 1 aliphatic rings. The number of thiazole rings is 1. The van der Waals surface area contributed by atoms with Gasteiger partial charge in [-0.1, -0.05) is 41.2 Å². The number of benzene rings is 2. The van der Waals surface area contributed by atoms with Crippen LogP contribution >= 0.6 is 23.1 Å². The van der Waals surface area contributed by atoms with Gasteiger partial charge < -0.3 is 19.4 Å². The number of methoxy groups -OCH3 is 1. The standard InChI is InChI=1S/C31H35N5O4S2/c1-6-9-27(37)35-12-8-13-36(15-14-35)30(39)24-18-26(21(2)16-25(24)40-5)41-28-19-32-31(42-28)33-29(38)23-11-7-10-22(17-23)20-34(3)4/h7,10-11,16-19H,8,12-15,20H2,1-5H3,(H,32,33,38). The molecule has 9 nitrogen and oxygen atoms in total. The van der Waals surface area contributed by atoms with Gasteiger partial charge in [0.05, 0.1) is 23.1 Å². The summed E-state index contributed by atoms with van der Waals surface area (Å²) in [6.07, 6.45) is 2.39. The van der Waals surface area contributed by atoms with Crippen LogP contribution in [0, 0.1) is 18.8 Å². The topological polar surface area (TPSA) is 95.1 Å². The van der Waals surface area contributed by atoms with Crippen molar-refractivity contribution in [2.45, 2.75) is 35.9 Å². The molecule has 0 bridgehead atoms. The average Bonchev–Trinajstić information content (AvgIpc) is 3.24. The molecule has 0 atom stereocenters. The Morgan fingerprint density at radius 3 is 2.62 bits per heavy atom. The highest BCUT2D eigenvalue weighted by atomic mass is 32.2. The first-order chi connectivity index (χ1) is 20.2. The van der Waals surface area contributed by atoms with Gasteiger partial charge in [0.2, 0.25) is 0 Å². The Labute approximate surface area is 255 Å². The molecule has 42 heavy (non-hydrogen) atoms. The van der Waals surface area contributed by atoms with E-state index in [4.69, 9.17) is 4.74 Å². The maximum Gasteiger partial charge on any atom is 0.298 e. The molecule has 1 aliphatic heterocycles. The maximum atomic E-state index is 13.6. The van der Waals surface area contributed by atoms with Gasteiger partial charge in [-0.25, -0.2) is 4.98 Å². The van der Waals surface area contributed by atoms with Gasteiger partial charge in [0.1, 0.15) is 5.75 Å². The number of nitrogens with one attached hydrogen (secondary N) is 1. The highest BCUT2D eigenvalue weighted by Gasteiger charge is 2.25. The van der Waals surface area contributed by atoms with E-state index < -0.39 is 0 Å². The smallest absolute Gasteiger partial charge is 0.298 e. The Bertz CT molecular complexity index is 1520. The molecule has 4 rings (SSSR count). The number of aromatic nitrogens is 1. The van der Waals surface area contributed by atoms with Crippen molar-refractivity contribution in [3.05, 3.63) is 64.8 Å². The Hall–Kier alpha value is -3.85. The summed E-state index contributed by atoms with van der Waals surface area (Å²) < 4.78 is 6.46. The number of nitrogens with zero attached hydrogens (tertiary/aromatic N) is 4. The molecule has 3 aromatic rings. The Balaban J connectivity index is 1.47. The Morgan fingerprint density at radius 2 is 1.88 bits per heavy atom. The quantitative estimate of drug-likeness (QED) is 0.375. The summed E-state index contributed by atoms with van der Waals surface area (Å²) in [7, 11) is 5.53. The number of carbonyl (C=O) groups is 3. The van der Waals surface area contributed by atoms with Gasteiger partial charge in [-0.05, 0) is 75.7 Å². The highest BCUT2D eigenvalue weighted by Crippen LogP contribution is 2.38. The minimum absolute atomic E-state index is 0.140. The van der Waals surface area contributed by atoms with E-state index in [0.717, 1.165) is 26.8 Å². The molecular formula is C31H35N5O4S2. The van der Waals surface area contributed by atoms with Crippen molar-refractivity contribution >= 4 is 46.0 Å². The van der Waals surface area contributed by atoms with Gasteiger partial charge in [-0.3, -0.25) is 19.7 Å². The molecule has 220 valence electrons. The van der Waals surface area contributed by atoms with Crippen LogP contribution in [0.3, 0.4) is 0 Å². The normalized spacial score (nSPS) is 13.3. The summed E-state index contributed by atoms with van der Waals surface area (Å²) in [5.41, 5.74) is 3.05. The van der Waals surface area contributed by atoms with E-state index in [2.05, 4.69) is 27.0 Å². The summed E-state index contributed by atoms with van der Waals surface area (Å²) in [6, 6.07) is 11.3. The third-order valence-electron chi connectivity index (χ3n) is 6.63. The van der Waals surface area contributed by atoms with E-state index in [1.807, 2.05) is 51.4 Å². The molecule has 2 aromatic carbocycles. The van der Waals surface area contributed by atoms with Crippen LogP contribution in [-0.2, 0) is 11.3 Å². The van der Waals surface area contributed by atoms with Crippen LogP contribution in [0.1, 0.15) is 45.2 Å². The van der Waals surface area contributed by atoms with E-state index in [9.17, 15) is 14.4 Å². The number of aryl methyl sites for hydroxylation is 1. The third kappa shape index (κ3) is 7.91. The molecular weight excluding hydrogens is 571 g/mol. The van der Waals surface area contributed by atoms with Crippen LogP contribution < -0.4 is 10.1 Å². The molecule has 11 heteroatoms. The molecule has 0 aliphatic carbocycles. The van der Waals surface area contributed by atoms with Gasteiger partial charge in [0, 0.05) is 43.2 Å². The van der Waals surface area contributed by atoms with Crippen molar-refractivity contribution < 1.29 is 19.1 Å². The minimum Gasteiger partial charge on any atom is -0.496 e. The zero-order valence-corrected chi connectivity index (χ0v) is 26.2. The van der Waals surface area contributed by atoms with Crippen molar-refractivity contribution in [1.82, 2.24) is 19.7 Å². The van der Waals surface area contributed by atoms with Crippen LogP contribution in [0.5, 0.6) is 5.75 Å². The maximum absolute atomic E-state index is 13.6. The summed E-state index contributed by atoms with van der Waals surface area (Å²) in [5.74, 6) is 5.17. The largest absolute Gasteiger partial charge is 0.496 e. The Morgan fingerprint density at radius 1 is 1.12 bits per heavy atom. The second kappa shape index (κ2) is 14.4. The fourth-order valence-corrected chi connectivity index (χ4v) is 6.54. The SMILES string of the molecule is CC#CC(=O)N1CCCN(C(=O)c2cc(Sc3cnc(NC(=O)c4cccc(CN(C)C)c4)s3)c(C)cc2OC)CC1. The molecule has 0 unspecified atom stereocenters. The molecule has 1 fully saturated rings. The van der Waals surface area contributed by atoms with Gasteiger partial charge in [0.15, 0.2) is 5.13 Å². The molecule has 3 amide bonds. The van der Waals surface area contributed by atoms with Crippen LogP contribution in [0.15, 0.2) is 51.7 Å². The van der Waals surface area contributed by atoms with Crippen molar-refractivity contribution in [3.63, 3.8) is 0 Å². The van der Waals surface area contributed by atoms with Crippen LogP contribution in [0.25, 0.3) is 0 Å². The van der Waals surface area contributed by atoms with E-state index >= 15 is 0 Å². The van der Waals surface area contributed by atoms with Crippen LogP contribution in [-0.4, -0.2) is 84.8 Å². The lowest BCUT2D eigenvalue weighted by atomic mass is 10.1. The van der Waals surface area contributed by atoms with Crippen molar-refractivity contribution in [3.8, 4) is 17.6 Å². The fraction of sp³-hybridized carbons (Fsp3) is 0.355. The lowest BCUT2D eigenvalue weighted by Crippen LogP contribution is -2.37. The number of anilines is 1. The number of ether oxygens (including phenoxy) is 1. The zero-order chi connectivity index (χ0) is 30.2. The molecule has 0 spiro atoms. The van der Waals surface area contributed by atoms with E-state index in [0.29, 0.717) is 54.6 Å². The average molecular weight is 606 g/mol. The predicted molar refractivity (Wildman–Crippen MR) is 166 cm³/mol. The van der Waals surface area contributed by atoms with Crippen LogP contribution in [0.4, 0.5) is 5.13 Å². The lowest BCUT2D eigenvalue weighted by Gasteiger charge is -2.23. The molecule has 1 saturated heterocycles. The lowest BCUT2D eigenvalue weighted by molar-refractivity contribution is -0.125. The second-order valence-corrected chi connectivity index (χ2v) is 12.5. The van der Waals surface area contributed by atoms with Gasteiger partial charge in [-0.15, -0.1) is 0 Å². The minimum atomic E-state index is -0.213. The monoisotopic (exact) mass is 605 g/mol. The van der Waals surface area contributed by atoms with E-state index in [1.165, 1.54) is 23.1 Å². The van der Waals surface area contributed by atoms with E-state index in [1.54, 1.807) is 36.1 Å². The molecule has 2 heterocycles. The van der Waals surface area contributed by atoms with Gasteiger partial charge in [0.25, 0.3) is 17.7 Å². The number of hydrogen-bond donors (Lipinski definition) is 1. The zero-order valence-electron chi connectivity index (χ0n) is 24.5. The van der Waals surface area contributed by atoms with Crippen molar-refractivity contribution in [2.75, 3.05) is 52.7 Å². The molecule has 1 aromatic heterocycles. The second-order valence-electron chi connectivity index (χ2n) is 10.1. The third-order valence-corrected chi connectivity index (χ3v) is 8.81.